The van der Waals surface area contributed by atoms with E-state index in [1.54, 1.807) is 0 Å². The van der Waals surface area contributed by atoms with Crippen molar-refractivity contribution < 1.29 is 23.6 Å². The van der Waals surface area contributed by atoms with Gasteiger partial charge in [-0.05, 0) is 40.2 Å². The lowest BCUT2D eigenvalue weighted by molar-refractivity contribution is -0.134. The Bertz CT molecular complexity index is 473. The lowest BCUT2D eigenvalue weighted by Gasteiger charge is -2.32. The van der Waals surface area contributed by atoms with Gasteiger partial charge in [0.2, 0.25) is 5.91 Å². The van der Waals surface area contributed by atoms with Gasteiger partial charge in [0.1, 0.15) is 12.3 Å². The zero-order valence-electron chi connectivity index (χ0n) is 15.0. The number of nitrogens with zero attached hydrogens (tertiary/aromatic N) is 2. The van der Waals surface area contributed by atoms with Gasteiger partial charge in [0.05, 0.1) is 19.3 Å². The zero-order valence-corrected chi connectivity index (χ0v) is 16.1. The number of likely N-dealkylation sites (N-methyl/N-ethyl adjacent to an activating group) is 1. The minimum absolute atomic E-state index is 0.136. The van der Waals surface area contributed by atoms with Crippen LogP contribution in [0.4, 0.5) is 4.79 Å². The highest BCUT2D eigenvalue weighted by atomic mass is 31.0. The second-order valence-corrected chi connectivity index (χ2v) is 7.30. The van der Waals surface area contributed by atoms with Crippen molar-refractivity contribution in [3.05, 3.63) is 0 Å². The molecule has 2 aliphatic heterocycles. The Hall–Kier alpha value is -0.750. The van der Waals surface area contributed by atoms with Gasteiger partial charge < -0.3 is 14.0 Å². The molecule has 2 aliphatic rings. The topological polar surface area (TPSA) is 68.3 Å². The van der Waals surface area contributed by atoms with E-state index in [-0.39, 0.29) is 36.2 Å². The van der Waals surface area contributed by atoms with Gasteiger partial charge in [0, 0.05) is 21.4 Å². The Morgan fingerprint density at radius 1 is 1.42 bits per heavy atom. The van der Waals surface area contributed by atoms with Crippen LogP contribution in [0.1, 0.15) is 40.0 Å². The predicted molar refractivity (Wildman–Crippen MR) is 92.2 cm³/mol. The van der Waals surface area contributed by atoms with Crippen molar-refractivity contribution >= 4 is 21.5 Å². The SMILES string of the molecule is CCC1COC(=O)N1C(=O)C(CCOP)CC1COC(C)(C)N1C. The minimum Gasteiger partial charge on any atom is -0.447 e. The highest BCUT2D eigenvalue weighted by Crippen LogP contribution is 2.31. The quantitative estimate of drug-likeness (QED) is 0.647. The van der Waals surface area contributed by atoms with E-state index in [1.165, 1.54) is 4.90 Å². The smallest absolute Gasteiger partial charge is 0.416 e. The lowest BCUT2D eigenvalue weighted by atomic mass is 9.94. The molecule has 4 unspecified atom stereocenters. The summed E-state index contributed by atoms with van der Waals surface area (Å²) in [6.07, 6.45) is 1.37. The molecular formula is C16H29N2O5P. The predicted octanol–water partition coefficient (Wildman–Crippen LogP) is 2.01. The molecule has 0 aliphatic carbocycles. The Balaban J connectivity index is 2.10. The first kappa shape index (κ1) is 19.6. The normalized spacial score (nSPS) is 28.2. The number of hydrogen-bond acceptors (Lipinski definition) is 6. The Labute approximate surface area is 146 Å². The van der Waals surface area contributed by atoms with Crippen LogP contribution >= 0.6 is 9.47 Å². The van der Waals surface area contributed by atoms with Gasteiger partial charge in [-0.25, -0.2) is 9.69 Å². The molecule has 0 radical (unpaired) electrons. The molecule has 0 bridgehead atoms. The number of rotatable bonds is 7. The Morgan fingerprint density at radius 2 is 2.12 bits per heavy atom. The summed E-state index contributed by atoms with van der Waals surface area (Å²) >= 11 is 0. The van der Waals surface area contributed by atoms with Crippen LogP contribution in [0.15, 0.2) is 0 Å². The van der Waals surface area contributed by atoms with E-state index in [4.69, 9.17) is 14.0 Å². The Morgan fingerprint density at radius 3 is 2.67 bits per heavy atom. The third-order valence-electron chi connectivity index (χ3n) is 5.19. The number of cyclic esters (lactones) is 1. The average Bonchev–Trinajstić information content (AvgIpc) is 3.04. The first-order chi connectivity index (χ1) is 11.3. The number of imide groups is 1. The van der Waals surface area contributed by atoms with Gasteiger partial charge in [0.25, 0.3) is 0 Å². The van der Waals surface area contributed by atoms with Crippen LogP contribution in [0.3, 0.4) is 0 Å². The lowest BCUT2D eigenvalue weighted by Crippen LogP contribution is -2.46. The summed E-state index contributed by atoms with van der Waals surface area (Å²) in [5, 5.41) is 0. The van der Waals surface area contributed by atoms with Gasteiger partial charge in [-0.1, -0.05) is 6.92 Å². The van der Waals surface area contributed by atoms with E-state index >= 15 is 0 Å². The van der Waals surface area contributed by atoms with E-state index in [0.29, 0.717) is 32.5 Å². The van der Waals surface area contributed by atoms with Gasteiger partial charge in [-0.2, -0.15) is 0 Å². The first-order valence-electron chi connectivity index (χ1n) is 8.50. The van der Waals surface area contributed by atoms with Crippen molar-refractivity contribution in [1.29, 1.82) is 0 Å². The molecule has 0 aromatic carbocycles. The van der Waals surface area contributed by atoms with Crippen LogP contribution < -0.4 is 0 Å². The molecule has 0 spiro atoms. The van der Waals surface area contributed by atoms with Crippen molar-refractivity contribution in [3.8, 4) is 0 Å². The van der Waals surface area contributed by atoms with Gasteiger partial charge in [-0.15, -0.1) is 0 Å². The summed E-state index contributed by atoms with van der Waals surface area (Å²) in [5.74, 6) is -0.459. The fourth-order valence-electron chi connectivity index (χ4n) is 3.29. The van der Waals surface area contributed by atoms with Crippen LogP contribution in [0, 0.1) is 5.92 Å². The summed E-state index contributed by atoms with van der Waals surface area (Å²) in [4.78, 5) is 28.4. The van der Waals surface area contributed by atoms with Crippen molar-refractivity contribution in [1.82, 2.24) is 9.80 Å². The van der Waals surface area contributed by atoms with Crippen molar-refractivity contribution in [2.24, 2.45) is 5.92 Å². The van der Waals surface area contributed by atoms with Gasteiger partial charge >= 0.3 is 6.09 Å². The van der Waals surface area contributed by atoms with Crippen LogP contribution in [0.5, 0.6) is 0 Å². The second kappa shape index (κ2) is 8.09. The number of hydrogen-bond donors (Lipinski definition) is 0. The zero-order chi connectivity index (χ0) is 17.9. The van der Waals surface area contributed by atoms with Gasteiger partial charge in [-0.3, -0.25) is 9.69 Å². The molecule has 0 aromatic rings. The molecule has 8 heteroatoms. The molecule has 138 valence electrons. The molecule has 2 amide bonds. The standard InChI is InChI=1S/C16H29N2O5P/c1-5-12-9-21-15(20)18(12)14(19)11(6-7-23-24)8-13-10-22-16(2,3)17(13)4/h11-13H,5-10,24H2,1-4H3. The minimum atomic E-state index is -0.528. The summed E-state index contributed by atoms with van der Waals surface area (Å²) in [7, 11) is 4.21. The van der Waals surface area contributed by atoms with Crippen LogP contribution in [-0.4, -0.2) is 66.5 Å². The molecule has 4 atom stereocenters. The molecule has 0 saturated carbocycles. The molecule has 0 N–H and O–H groups in total. The van der Waals surface area contributed by atoms with E-state index < -0.39 is 6.09 Å². The van der Waals surface area contributed by atoms with Crippen LogP contribution in [-0.2, 0) is 18.8 Å². The van der Waals surface area contributed by atoms with Crippen LogP contribution in [0.2, 0.25) is 0 Å². The maximum absolute atomic E-state index is 13.0. The second-order valence-electron chi connectivity index (χ2n) is 6.96. The number of ether oxygens (including phenoxy) is 2. The maximum Gasteiger partial charge on any atom is 0.416 e. The fraction of sp³-hybridized carbons (Fsp3) is 0.875. The average molecular weight is 360 g/mol. The first-order valence-corrected chi connectivity index (χ1v) is 8.97. The maximum atomic E-state index is 13.0. The highest BCUT2D eigenvalue weighted by molar-refractivity contribution is 7.09. The van der Waals surface area contributed by atoms with Crippen molar-refractivity contribution in [2.45, 2.75) is 57.8 Å². The van der Waals surface area contributed by atoms with Crippen molar-refractivity contribution in [2.75, 3.05) is 26.9 Å². The highest BCUT2D eigenvalue weighted by Gasteiger charge is 2.43. The molecular weight excluding hydrogens is 331 g/mol. The third kappa shape index (κ3) is 4.07. The van der Waals surface area contributed by atoms with E-state index in [1.807, 2.05) is 27.8 Å². The molecule has 2 heterocycles. The van der Waals surface area contributed by atoms with Crippen LogP contribution in [0.25, 0.3) is 0 Å². The molecule has 0 aromatic heterocycles. The van der Waals surface area contributed by atoms with E-state index in [9.17, 15) is 9.59 Å². The molecule has 2 saturated heterocycles. The van der Waals surface area contributed by atoms with Crippen molar-refractivity contribution in [3.63, 3.8) is 0 Å². The molecule has 2 rings (SSSR count). The Kier molecular flexibility index (Phi) is 6.59. The summed E-state index contributed by atoms with van der Waals surface area (Å²) in [6, 6.07) is -0.0319. The number of amides is 2. The summed E-state index contributed by atoms with van der Waals surface area (Å²) < 4.78 is 16.0. The summed E-state index contributed by atoms with van der Waals surface area (Å²) in [5.41, 5.74) is -0.339. The van der Waals surface area contributed by atoms with E-state index in [2.05, 4.69) is 14.4 Å². The third-order valence-corrected chi connectivity index (χ3v) is 5.42. The van der Waals surface area contributed by atoms with Gasteiger partial charge in [0.15, 0.2) is 0 Å². The fourth-order valence-corrected chi connectivity index (χ4v) is 3.42. The number of carbonyl (C=O) groups is 2. The largest absolute Gasteiger partial charge is 0.447 e. The number of carbonyl (C=O) groups excluding carboxylic acids is 2. The molecule has 2 fully saturated rings. The molecule has 24 heavy (non-hydrogen) atoms. The summed E-state index contributed by atoms with van der Waals surface area (Å²) in [6.45, 7) is 7.29. The molecule has 7 nitrogen and oxygen atoms in total. The monoisotopic (exact) mass is 360 g/mol. The van der Waals surface area contributed by atoms with E-state index in [0.717, 1.165) is 0 Å².